The molecular formula is C11H17NO2S. The summed E-state index contributed by atoms with van der Waals surface area (Å²) >= 11 is 1.50. The molecule has 2 N–H and O–H groups in total. The highest BCUT2D eigenvalue weighted by Crippen LogP contribution is 2.24. The molecule has 2 unspecified atom stereocenters. The molecule has 0 saturated heterocycles. The second-order valence-corrected chi connectivity index (χ2v) is 4.66. The maximum atomic E-state index is 11.1. The van der Waals surface area contributed by atoms with E-state index in [9.17, 15) is 4.79 Å². The second-order valence-electron chi connectivity index (χ2n) is 3.72. The Morgan fingerprint density at radius 1 is 1.67 bits per heavy atom. The number of aryl methyl sites for hydroxylation is 1. The molecule has 0 aromatic carbocycles. The molecule has 0 aliphatic rings. The monoisotopic (exact) mass is 227 g/mol. The summed E-state index contributed by atoms with van der Waals surface area (Å²) in [6, 6.07) is 1.60. The minimum absolute atomic E-state index is 0.215. The van der Waals surface area contributed by atoms with Gasteiger partial charge in [-0.15, -0.1) is 11.3 Å². The van der Waals surface area contributed by atoms with Crippen LogP contribution in [0.4, 0.5) is 0 Å². The van der Waals surface area contributed by atoms with Gasteiger partial charge < -0.3 is 5.11 Å². The predicted molar refractivity (Wildman–Crippen MR) is 62.3 cm³/mol. The summed E-state index contributed by atoms with van der Waals surface area (Å²) in [6.45, 7) is 5.98. The number of carboxylic acid groups (broad SMARTS) is 1. The van der Waals surface area contributed by atoms with Gasteiger partial charge in [-0.1, -0.05) is 6.92 Å². The summed E-state index contributed by atoms with van der Waals surface area (Å²) in [4.78, 5) is 12.1. The molecule has 0 amide bonds. The van der Waals surface area contributed by atoms with Crippen molar-refractivity contribution in [3.8, 4) is 0 Å². The van der Waals surface area contributed by atoms with Crippen molar-refractivity contribution >= 4 is 17.3 Å². The van der Waals surface area contributed by atoms with Gasteiger partial charge in [-0.05, 0) is 37.3 Å². The van der Waals surface area contributed by atoms with E-state index in [2.05, 4.69) is 5.32 Å². The Balaban J connectivity index is 2.84. The number of hydrogen-bond acceptors (Lipinski definition) is 3. The molecule has 1 rings (SSSR count). The van der Waals surface area contributed by atoms with Crippen LogP contribution in [0.25, 0.3) is 0 Å². The first-order valence-electron chi connectivity index (χ1n) is 5.09. The molecule has 0 spiro atoms. The van der Waals surface area contributed by atoms with Crippen LogP contribution in [0.3, 0.4) is 0 Å². The molecule has 1 heterocycles. The van der Waals surface area contributed by atoms with E-state index < -0.39 is 12.0 Å². The summed E-state index contributed by atoms with van der Waals surface area (Å²) in [5.41, 5.74) is 1.04. The lowest BCUT2D eigenvalue weighted by Gasteiger charge is -2.18. The van der Waals surface area contributed by atoms with Gasteiger partial charge in [-0.2, -0.15) is 0 Å². The van der Waals surface area contributed by atoms with Gasteiger partial charge in [0.05, 0.1) is 0 Å². The molecular weight excluding hydrogens is 210 g/mol. The minimum Gasteiger partial charge on any atom is -0.480 e. The van der Waals surface area contributed by atoms with Gasteiger partial charge >= 0.3 is 5.97 Å². The van der Waals surface area contributed by atoms with Crippen LogP contribution in [0.15, 0.2) is 11.4 Å². The highest BCUT2D eigenvalue weighted by Gasteiger charge is 2.23. The largest absolute Gasteiger partial charge is 0.480 e. The standard InChI is InChI=1S/C11H17NO2S/c1-4-8(3)12-9(11(13)14)10-7(2)5-6-15-10/h5-6,8-9,12H,4H2,1-3H3,(H,13,14). The van der Waals surface area contributed by atoms with Crippen LogP contribution in [-0.2, 0) is 4.79 Å². The minimum atomic E-state index is -0.805. The van der Waals surface area contributed by atoms with Crippen molar-refractivity contribution < 1.29 is 9.90 Å². The SMILES string of the molecule is CCC(C)NC(C(=O)O)c1sccc1C. The van der Waals surface area contributed by atoms with Crippen LogP contribution in [-0.4, -0.2) is 17.1 Å². The van der Waals surface area contributed by atoms with Crippen molar-refractivity contribution in [2.45, 2.75) is 39.3 Å². The molecule has 15 heavy (non-hydrogen) atoms. The Morgan fingerprint density at radius 3 is 2.73 bits per heavy atom. The van der Waals surface area contributed by atoms with Crippen molar-refractivity contribution in [1.29, 1.82) is 0 Å². The summed E-state index contributed by atoms with van der Waals surface area (Å²) in [5.74, 6) is -0.805. The highest BCUT2D eigenvalue weighted by atomic mass is 32.1. The van der Waals surface area contributed by atoms with Gasteiger partial charge in [0.25, 0.3) is 0 Å². The van der Waals surface area contributed by atoms with E-state index >= 15 is 0 Å². The number of hydrogen-bond donors (Lipinski definition) is 2. The normalized spacial score (nSPS) is 14.9. The molecule has 0 radical (unpaired) electrons. The average Bonchev–Trinajstić information content (AvgIpc) is 2.60. The lowest BCUT2D eigenvalue weighted by atomic mass is 10.1. The van der Waals surface area contributed by atoms with E-state index in [1.165, 1.54) is 11.3 Å². The lowest BCUT2D eigenvalue weighted by Crippen LogP contribution is -2.34. The van der Waals surface area contributed by atoms with Crippen LogP contribution in [0, 0.1) is 6.92 Å². The van der Waals surface area contributed by atoms with Crippen molar-refractivity contribution in [1.82, 2.24) is 5.32 Å². The molecule has 0 aliphatic heterocycles. The van der Waals surface area contributed by atoms with E-state index in [1.807, 2.05) is 32.2 Å². The van der Waals surface area contributed by atoms with Gasteiger partial charge in [0.2, 0.25) is 0 Å². The van der Waals surface area contributed by atoms with Crippen molar-refractivity contribution in [3.05, 3.63) is 21.9 Å². The number of aliphatic carboxylic acids is 1. The fourth-order valence-corrected chi connectivity index (χ4v) is 2.32. The first-order valence-corrected chi connectivity index (χ1v) is 5.97. The fraction of sp³-hybridized carbons (Fsp3) is 0.545. The number of nitrogens with one attached hydrogen (secondary N) is 1. The predicted octanol–water partition coefficient (Wildman–Crippen LogP) is 2.57. The Bertz CT molecular complexity index is 335. The van der Waals surface area contributed by atoms with E-state index in [1.54, 1.807) is 0 Å². The zero-order valence-corrected chi connectivity index (χ0v) is 10.1. The number of carbonyl (C=O) groups is 1. The number of rotatable bonds is 5. The van der Waals surface area contributed by atoms with Crippen LogP contribution < -0.4 is 5.32 Å². The Morgan fingerprint density at radius 2 is 2.33 bits per heavy atom. The van der Waals surface area contributed by atoms with Crippen LogP contribution >= 0.6 is 11.3 Å². The maximum Gasteiger partial charge on any atom is 0.326 e. The topological polar surface area (TPSA) is 49.3 Å². The van der Waals surface area contributed by atoms with Crippen LogP contribution in [0.1, 0.15) is 36.8 Å². The second kappa shape index (κ2) is 5.28. The lowest BCUT2D eigenvalue weighted by molar-refractivity contribution is -0.139. The Labute approximate surface area is 94.1 Å². The van der Waals surface area contributed by atoms with Gasteiger partial charge in [0.15, 0.2) is 0 Å². The average molecular weight is 227 g/mol. The van der Waals surface area contributed by atoms with Gasteiger partial charge in [0, 0.05) is 10.9 Å². The van der Waals surface area contributed by atoms with Crippen molar-refractivity contribution in [2.24, 2.45) is 0 Å². The molecule has 0 saturated carbocycles. The van der Waals surface area contributed by atoms with E-state index in [0.717, 1.165) is 16.9 Å². The maximum absolute atomic E-state index is 11.1. The zero-order chi connectivity index (χ0) is 11.4. The molecule has 0 aliphatic carbocycles. The Hall–Kier alpha value is -0.870. The summed E-state index contributed by atoms with van der Waals surface area (Å²) in [7, 11) is 0. The van der Waals surface area contributed by atoms with Gasteiger partial charge in [0.1, 0.15) is 6.04 Å². The van der Waals surface area contributed by atoms with Crippen LogP contribution in [0.5, 0.6) is 0 Å². The third-order valence-corrected chi connectivity index (χ3v) is 3.56. The molecule has 3 nitrogen and oxygen atoms in total. The van der Waals surface area contributed by atoms with E-state index in [4.69, 9.17) is 5.11 Å². The summed E-state index contributed by atoms with van der Waals surface area (Å²) < 4.78 is 0. The third kappa shape index (κ3) is 3.04. The molecule has 84 valence electrons. The first kappa shape index (κ1) is 12.2. The fourth-order valence-electron chi connectivity index (χ4n) is 1.34. The molecule has 2 atom stereocenters. The smallest absolute Gasteiger partial charge is 0.326 e. The number of thiophene rings is 1. The molecule has 4 heteroatoms. The molecule has 1 aromatic rings. The zero-order valence-electron chi connectivity index (χ0n) is 9.28. The summed E-state index contributed by atoms with van der Waals surface area (Å²) in [6.07, 6.45) is 0.925. The molecule has 0 bridgehead atoms. The summed E-state index contributed by atoms with van der Waals surface area (Å²) in [5, 5.41) is 14.2. The first-order chi connectivity index (χ1) is 7.06. The van der Waals surface area contributed by atoms with E-state index in [0.29, 0.717) is 0 Å². The quantitative estimate of drug-likeness (QED) is 0.812. The van der Waals surface area contributed by atoms with Gasteiger partial charge in [-0.25, -0.2) is 0 Å². The third-order valence-electron chi connectivity index (χ3n) is 2.47. The van der Waals surface area contributed by atoms with Crippen LogP contribution in [0.2, 0.25) is 0 Å². The Kier molecular flexibility index (Phi) is 4.29. The van der Waals surface area contributed by atoms with Crippen molar-refractivity contribution in [3.63, 3.8) is 0 Å². The van der Waals surface area contributed by atoms with E-state index in [-0.39, 0.29) is 6.04 Å². The van der Waals surface area contributed by atoms with Gasteiger partial charge in [-0.3, -0.25) is 10.1 Å². The molecule has 1 aromatic heterocycles. The highest BCUT2D eigenvalue weighted by molar-refractivity contribution is 7.10. The molecule has 0 fully saturated rings. The number of carboxylic acids is 1. The van der Waals surface area contributed by atoms with Crippen molar-refractivity contribution in [2.75, 3.05) is 0 Å².